The fraction of sp³-hybridized carbons (Fsp3) is 0.136. The Morgan fingerprint density at radius 2 is 1.81 bits per heavy atom. The van der Waals surface area contributed by atoms with Crippen molar-refractivity contribution in [1.29, 1.82) is 0 Å². The standard InChI is InChI=1S/C22H21ClN4O3S/c1-17-5-7-18(8-6-17)15-27(31(29,30)21-11-9-19(23)10-12-21)16-22(28)26-25-14-20-4-2-3-13-24-20/h2-14H,15-16H2,1H3,(H,26,28)/b25-14-. The third-order valence-electron chi connectivity index (χ3n) is 4.32. The van der Waals surface area contributed by atoms with E-state index in [1.54, 1.807) is 24.4 Å². The van der Waals surface area contributed by atoms with Crippen LogP contribution in [-0.2, 0) is 21.4 Å². The van der Waals surface area contributed by atoms with Crippen molar-refractivity contribution in [2.45, 2.75) is 18.4 Å². The van der Waals surface area contributed by atoms with Crippen LogP contribution in [0.1, 0.15) is 16.8 Å². The Kier molecular flexibility index (Phi) is 7.51. The molecule has 0 aliphatic rings. The number of amides is 1. The molecule has 7 nitrogen and oxygen atoms in total. The zero-order valence-electron chi connectivity index (χ0n) is 16.8. The highest BCUT2D eigenvalue weighted by Gasteiger charge is 2.27. The van der Waals surface area contributed by atoms with Crippen molar-refractivity contribution in [2.75, 3.05) is 6.54 Å². The summed E-state index contributed by atoms with van der Waals surface area (Å²) < 4.78 is 27.5. The van der Waals surface area contributed by atoms with E-state index in [0.717, 1.165) is 15.4 Å². The molecule has 3 rings (SSSR count). The summed E-state index contributed by atoms with van der Waals surface area (Å²) in [7, 11) is -3.95. The second-order valence-corrected chi connectivity index (χ2v) is 9.13. The van der Waals surface area contributed by atoms with Gasteiger partial charge in [-0.25, -0.2) is 13.8 Å². The highest BCUT2D eigenvalue weighted by molar-refractivity contribution is 7.89. The highest BCUT2D eigenvalue weighted by Crippen LogP contribution is 2.20. The molecule has 31 heavy (non-hydrogen) atoms. The second kappa shape index (κ2) is 10.3. The van der Waals surface area contributed by atoms with E-state index in [1.165, 1.54) is 30.5 Å². The lowest BCUT2D eigenvalue weighted by atomic mass is 10.1. The molecular weight excluding hydrogens is 436 g/mol. The molecule has 0 bridgehead atoms. The SMILES string of the molecule is Cc1ccc(CN(CC(=O)N/N=C\c2ccccn2)S(=O)(=O)c2ccc(Cl)cc2)cc1. The smallest absolute Gasteiger partial charge is 0.255 e. The third kappa shape index (κ3) is 6.45. The lowest BCUT2D eigenvalue weighted by Crippen LogP contribution is -2.39. The predicted octanol–water partition coefficient (Wildman–Crippen LogP) is 3.38. The van der Waals surface area contributed by atoms with Gasteiger partial charge in [0.2, 0.25) is 10.0 Å². The first-order chi connectivity index (χ1) is 14.8. The number of halogens is 1. The van der Waals surface area contributed by atoms with Gasteiger partial charge in [0.25, 0.3) is 5.91 Å². The number of benzene rings is 2. The monoisotopic (exact) mass is 456 g/mol. The molecule has 0 atom stereocenters. The Morgan fingerprint density at radius 3 is 2.45 bits per heavy atom. The molecule has 160 valence electrons. The number of sulfonamides is 1. The van der Waals surface area contributed by atoms with Crippen LogP contribution in [0.25, 0.3) is 0 Å². The average Bonchev–Trinajstić information content (AvgIpc) is 2.76. The molecule has 9 heteroatoms. The van der Waals surface area contributed by atoms with E-state index in [4.69, 9.17) is 11.6 Å². The van der Waals surface area contributed by atoms with Gasteiger partial charge < -0.3 is 0 Å². The number of hydrogen-bond donors (Lipinski definition) is 1. The summed E-state index contributed by atoms with van der Waals surface area (Å²) in [6, 6.07) is 18.5. The summed E-state index contributed by atoms with van der Waals surface area (Å²) in [5.74, 6) is -0.572. The van der Waals surface area contributed by atoms with Crippen LogP contribution in [0.15, 0.2) is 82.9 Å². The van der Waals surface area contributed by atoms with Gasteiger partial charge in [-0.3, -0.25) is 9.78 Å². The Labute approximate surface area is 186 Å². The Hall–Kier alpha value is -3.07. The molecule has 1 aromatic heterocycles. The minimum atomic E-state index is -3.95. The normalized spacial score (nSPS) is 11.7. The van der Waals surface area contributed by atoms with Gasteiger partial charge in [-0.2, -0.15) is 9.41 Å². The summed E-state index contributed by atoms with van der Waals surface area (Å²) in [4.78, 5) is 16.6. The predicted molar refractivity (Wildman–Crippen MR) is 120 cm³/mol. The van der Waals surface area contributed by atoms with Crippen molar-refractivity contribution < 1.29 is 13.2 Å². The van der Waals surface area contributed by atoms with Crippen LogP contribution in [0, 0.1) is 6.92 Å². The molecule has 1 N–H and O–H groups in total. The van der Waals surface area contributed by atoms with E-state index >= 15 is 0 Å². The molecule has 1 heterocycles. The highest BCUT2D eigenvalue weighted by atomic mass is 35.5. The quantitative estimate of drug-likeness (QED) is 0.415. The Balaban J connectivity index is 1.79. The molecule has 0 saturated heterocycles. The second-order valence-electron chi connectivity index (χ2n) is 6.76. The van der Waals surface area contributed by atoms with E-state index in [-0.39, 0.29) is 11.4 Å². The summed E-state index contributed by atoms with van der Waals surface area (Å²) >= 11 is 5.88. The van der Waals surface area contributed by atoms with Crippen LogP contribution in [0.3, 0.4) is 0 Å². The number of nitrogens with zero attached hydrogens (tertiary/aromatic N) is 3. The maximum absolute atomic E-state index is 13.2. The zero-order valence-corrected chi connectivity index (χ0v) is 18.3. The Bertz CT molecular complexity index is 1150. The van der Waals surface area contributed by atoms with Crippen LogP contribution in [-0.4, -0.2) is 36.4 Å². The van der Waals surface area contributed by atoms with Crippen molar-refractivity contribution in [3.63, 3.8) is 0 Å². The van der Waals surface area contributed by atoms with Gasteiger partial charge in [0, 0.05) is 17.8 Å². The number of carbonyl (C=O) groups is 1. The zero-order chi connectivity index (χ0) is 22.3. The number of pyridine rings is 1. The van der Waals surface area contributed by atoms with Crippen molar-refractivity contribution in [1.82, 2.24) is 14.7 Å². The fourth-order valence-corrected chi connectivity index (χ4v) is 4.21. The maximum atomic E-state index is 13.2. The number of hydrogen-bond acceptors (Lipinski definition) is 5. The van der Waals surface area contributed by atoms with Crippen molar-refractivity contribution >= 4 is 33.7 Å². The molecule has 0 spiro atoms. The molecule has 0 unspecified atom stereocenters. The molecule has 1 amide bonds. The van der Waals surface area contributed by atoms with Gasteiger partial charge in [0.15, 0.2) is 0 Å². The lowest BCUT2D eigenvalue weighted by Gasteiger charge is -2.21. The van der Waals surface area contributed by atoms with E-state index in [0.29, 0.717) is 10.7 Å². The minimum absolute atomic E-state index is 0.0304. The van der Waals surface area contributed by atoms with Crippen LogP contribution < -0.4 is 5.43 Å². The lowest BCUT2D eigenvalue weighted by molar-refractivity contribution is -0.121. The van der Waals surface area contributed by atoms with E-state index in [9.17, 15) is 13.2 Å². The van der Waals surface area contributed by atoms with E-state index < -0.39 is 22.5 Å². The maximum Gasteiger partial charge on any atom is 0.255 e. The van der Waals surface area contributed by atoms with Crippen molar-refractivity contribution in [2.24, 2.45) is 5.10 Å². The van der Waals surface area contributed by atoms with Crippen LogP contribution in [0.2, 0.25) is 5.02 Å². The van der Waals surface area contributed by atoms with Crippen molar-refractivity contribution in [3.8, 4) is 0 Å². The molecule has 3 aromatic rings. The molecule has 0 radical (unpaired) electrons. The summed E-state index contributed by atoms with van der Waals surface area (Å²) in [5, 5.41) is 4.28. The van der Waals surface area contributed by atoms with Gasteiger partial charge in [0.05, 0.1) is 23.3 Å². The molecular formula is C22H21ClN4O3S. The average molecular weight is 457 g/mol. The number of carbonyl (C=O) groups excluding carboxylic acids is 1. The number of nitrogens with one attached hydrogen (secondary N) is 1. The molecule has 0 aliphatic carbocycles. The molecule has 2 aromatic carbocycles. The van der Waals surface area contributed by atoms with Gasteiger partial charge in [-0.05, 0) is 48.9 Å². The van der Waals surface area contributed by atoms with Gasteiger partial charge in [-0.1, -0.05) is 47.5 Å². The first kappa shape index (κ1) is 22.6. The van der Waals surface area contributed by atoms with Crippen LogP contribution >= 0.6 is 11.6 Å². The molecule has 0 saturated carbocycles. The summed E-state index contributed by atoms with van der Waals surface area (Å²) in [6.07, 6.45) is 2.99. The van der Waals surface area contributed by atoms with Gasteiger partial charge >= 0.3 is 0 Å². The first-order valence-electron chi connectivity index (χ1n) is 9.39. The van der Waals surface area contributed by atoms with Gasteiger partial charge in [-0.15, -0.1) is 0 Å². The molecule has 0 fully saturated rings. The number of aromatic nitrogens is 1. The summed E-state index contributed by atoms with van der Waals surface area (Å²) in [6.45, 7) is 1.57. The number of hydrazone groups is 1. The third-order valence-corrected chi connectivity index (χ3v) is 6.38. The van der Waals surface area contributed by atoms with Gasteiger partial charge in [0.1, 0.15) is 0 Å². The first-order valence-corrected chi connectivity index (χ1v) is 11.2. The van der Waals surface area contributed by atoms with E-state index in [1.807, 2.05) is 31.2 Å². The summed E-state index contributed by atoms with van der Waals surface area (Å²) in [5.41, 5.74) is 4.73. The largest absolute Gasteiger partial charge is 0.272 e. The Morgan fingerprint density at radius 1 is 1.10 bits per heavy atom. The van der Waals surface area contributed by atoms with Crippen LogP contribution in [0.5, 0.6) is 0 Å². The van der Waals surface area contributed by atoms with E-state index in [2.05, 4.69) is 15.5 Å². The number of aryl methyl sites for hydroxylation is 1. The minimum Gasteiger partial charge on any atom is -0.272 e. The molecule has 0 aliphatic heterocycles. The van der Waals surface area contributed by atoms with Crippen LogP contribution in [0.4, 0.5) is 0 Å². The topological polar surface area (TPSA) is 91.7 Å². The fourth-order valence-electron chi connectivity index (χ4n) is 2.70. The number of rotatable bonds is 8. The van der Waals surface area contributed by atoms with Crippen molar-refractivity contribution in [3.05, 3.63) is 94.8 Å².